The van der Waals surface area contributed by atoms with Crippen molar-refractivity contribution in [3.05, 3.63) is 53.2 Å². The first kappa shape index (κ1) is 16.3. The third-order valence-electron chi connectivity index (χ3n) is 5.43. The van der Waals surface area contributed by atoms with Crippen molar-refractivity contribution < 1.29 is 9.21 Å². The Kier molecular flexibility index (Phi) is 4.34. The third-order valence-corrected chi connectivity index (χ3v) is 5.43. The van der Waals surface area contributed by atoms with E-state index in [4.69, 9.17) is 4.42 Å². The minimum absolute atomic E-state index is 0.264. The molecule has 5 nitrogen and oxygen atoms in total. The molecule has 25 heavy (non-hydrogen) atoms. The number of piperidine rings is 1. The fourth-order valence-electron chi connectivity index (χ4n) is 4.27. The Labute approximate surface area is 148 Å². The standard InChI is InChI=1S/C20H25N3O2/c1-14-4-3-5-16(21-14)12-23-19-10-11-22(18(19)8-9-20(23)24)13-17-7-6-15(2)25-17/h3-7,18-19H,8-13H2,1-2H3/t18-,19-/m0/s1. The van der Waals surface area contributed by atoms with Crippen LogP contribution in [0, 0.1) is 13.8 Å². The summed E-state index contributed by atoms with van der Waals surface area (Å²) in [7, 11) is 0. The van der Waals surface area contributed by atoms with Gasteiger partial charge >= 0.3 is 0 Å². The zero-order chi connectivity index (χ0) is 17.4. The minimum Gasteiger partial charge on any atom is -0.465 e. The summed E-state index contributed by atoms with van der Waals surface area (Å²) in [5, 5.41) is 0. The van der Waals surface area contributed by atoms with Gasteiger partial charge in [0.15, 0.2) is 0 Å². The van der Waals surface area contributed by atoms with Crippen LogP contribution in [-0.4, -0.2) is 39.3 Å². The maximum absolute atomic E-state index is 12.6. The number of fused-ring (bicyclic) bond motifs is 1. The van der Waals surface area contributed by atoms with Gasteiger partial charge in [-0.05, 0) is 51.0 Å². The van der Waals surface area contributed by atoms with Crippen molar-refractivity contribution in [2.45, 2.75) is 58.3 Å². The molecular weight excluding hydrogens is 314 g/mol. The first-order chi connectivity index (χ1) is 12.1. The zero-order valence-electron chi connectivity index (χ0n) is 14.9. The van der Waals surface area contributed by atoms with E-state index < -0.39 is 0 Å². The molecule has 4 rings (SSSR count). The monoisotopic (exact) mass is 339 g/mol. The number of pyridine rings is 1. The molecule has 0 aliphatic carbocycles. The van der Waals surface area contributed by atoms with Gasteiger partial charge in [-0.3, -0.25) is 14.7 Å². The van der Waals surface area contributed by atoms with Crippen molar-refractivity contribution in [2.75, 3.05) is 6.54 Å². The number of furan rings is 1. The average molecular weight is 339 g/mol. The van der Waals surface area contributed by atoms with E-state index in [0.29, 0.717) is 25.0 Å². The number of nitrogens with zero attached hydrogens (tertiary/aromatic N) is 3. The summed E-state index contributed by atoms with van der Waals surface area (Å²) < 4.78 is 5.75. The maximum Gasteiger partial charge on any atom is 0.223 e. The van der Waals surface area contributed by atoms with Crippen molar-refractivity contribution in [1.29, 1.82) is 0 Å². The molecule has 0 saturated carbocycles. The molecule has 2 aliphatic rings. The zero-order valence-corrected chi connectivity index (χ0v) is 14.9. The summed E-state index contributed by atoms with van der Waals surface area (Å²) in [4.78, 5) is 21.7. The number of hydrogen-bond donors (Lipinski definition) is 0. The van der Waals surface area contributed by atoms with Crippen molar-refractivity contribution in [3.8, 4) is 0 Å². The van der Waals surface area contributed by atoms with Crippen LogP contribution >= 0.6 is 0 Å². The summed E-state index contributed by atoms with van der Waals surface area (Å²) >= 11 is 0. The van der Waals surface area contributed by atoms with Crippen LogP contribution in [0.3, 0.4) is 0 Å². The van der Waals surface area contributed by atoms with Gasteiger partial charge < -0.3 is 9.32 Å². The molecule has 2 atom stereocenters. The fourth-order valence-corrected chi connectivity index (χ4v) is 4.27. The molecule has 4 heterocycles. The molecule has 0 unspecified atom stereocenters. The summed E-state index contributed by atoms with van der Waals surface area (Å²) in [6.07, 6.45) is 2.60. The molecule has 0 spiro atoms. The van der Waals surface area contributed by atoms with Gasteiger partial charge in [0.05, 0.1) is 18.8 Å². The highest BCUT2D eigenvalue weighted by Gasteiger charge is 2.43. The van der Waals surface area contributed by atoms with E-state index in [0.717, 1.165) is 48.8 Å². The first-order valence-corrected chi connectivity index (χ1v) is 9.11. The van der Waals surface area contributed by atoms with Gasteiger partial charge in [-0.25, -0.2) is 0 Å². The molecule has 2 saturated heterocycles. The molecule has 2 aromatic heterocycles. The summed E-state index contributed by atoms with van der Waals surface area (Å²) in [5.74, 6) is 2.24. The van der Waals surface area contributed by atoms with Crippen LogP contribution in [0.5, 0.6) is 0 Å². The van der Waals surface area contributed by atoms with Gasteiger partial charge in [-0.2, -0.15) is 0 Å². The maximum atomic E-state index is 12.6. The van der Waals surface area contributed by atoms with Crippen molar-refractivity contribution in [2.24, 2.45) is 0 Å². The van der Waals surface area contributed by atoms with Crippen molar-refractivity contribution in [3.63, 3.8) is 0 Å². The lowest BCUT2D eigenvalue weighted by atomic mass is 9.96. The van der Waals surface area contributed by atoms with Crippen molar-refractivity contribution >= 4 is 5.91 Å². The lowest BCUT2D eigenvalue weighted by Gasteiger charge is -2.39. The van der Waals surface area contributed by atoms with Gasteiger partial charge in [0.1, 0.15) is 11.5 Å². The van der Waals surface area contributed by atoms with Gasteiger partial charge in [0.25, 0.3) is 0 Å². The van der Waals surface area contributed by atoms with E-state index in [-0.39, 0.29) is 5.91 Å². The smallest absolute Gasteiger partial charge is 0.223 e. The number of hydrogen-bond acceptors (Lipinski definition) is 4. The molecule has 2 fully saturated rings. The molecule has 2 aromatic rings. The number of carbonyl (C=O) groups excluding carboxylic acids is 1. The number of aryl methyl sites for hydroxylation is 2. The van der Waals surface area contributed by atoms with E-state index in [1.54, 1.807) is 0 Å². The molecule has 2 aliphatic heterocycles. The van der Waals surface area contributed by atoms with Crippen LogP contribution < -0.4 is 0 Å². The Morgan fingerprint density at radius 3 is 2.76 bits per heavy atom. The summed E-state index contributed by atoms with van der Waals surface area (Å²) in [6.45, 7) is 6.44. The van der Waals surface area contributed by atoms with Crippen LogP contribution in [-0.2, 0) is 17.9 Å². The fraction of sp³-hybridized carbons (Fsp3) is 0.500. The second-order valence-corrected chi connectivity index (χ2v) is 7.24. The van der Waals surface area contributed by atoms with Gasteiger partial charge in [-0.1, -0.05) is 6.07 Å². The largest absolute Gasteiger partial charge is 0.465 e. The Balaban J connectivity index is 1.49. The Hall–Kier alpha value is -2.14. The van der Waals surface area contributed by atoms with E-state index in [2.05, 4.69) is 20.9 Å². The van der Waals surface area contributed by atoms with Gasteiger partial charge in [0.2, 0.25) is 5.91 Å². The average Bonchev–Trinajstić information content (AvgIpc) is 3.17. The predicted molar refractivity (Wildman–Crippen MR) is 94.8 cm³/mol. The van der Waals surface area contributed by atoms with E-state index in [9.17, 15) is 4.79 Å². The predicted octanol–water partition coefficient (Wildman–Crippen LogP) is 3.06. The van der Waals surface area contributed by atoms with Crippen LogP contribution in [0.1, 0.15) is 42.2 Å². The number of likely N-dealkylation sites (tertiary alicyclic amines) is 2. The normalized spacial score (nSPS) is 23.9. The molecule has 1 amide bonds. The van der Waals surface area contributed by atoms with E-state index in [1.807, 2.05) is 38.1 Å². The highest BCUT2D eigenvalue weighted by atomic mass is 16.3. The number of amides is 1. The molecule has 132 valence electrons. The third kappa shape index (κ3) is 3.33. The van der Waals surface area contributed by atoms with Crippen molar-refractivity contribution in [1.82, 2.24) is 14.8 Å². The first-order valence-electron chi connectivity index (χ1n) is 9.11. The van der Waals surface area contributed by atoms with Crippen LogP contribution in [0.4, 0.5) is 0 Å². The summed E-state index contributed by atoms with van der Waals surface area (Å²) in [5.41, 5.74) is 1.98. The highest BCUT2D eigenvalue weighted by Crippen LogP contribution is 2.33. The molecule has 0 N–H and O–H groups in total. The highest BCUT2D eigenvalue weighted by molar-refractivity contribution is 5.77. The molecule has 5 heteroatoms. The Bertz CT molecular complexity index is 770. The van der Waals surface area contributed by atoms with Gasteiger partial charge in [-0.15, -0.1) is 0 Å². The van der Waals surface area contributed by atoms with E-state index >= 15 is 0 Å². The topological polar surface area (TPSA) is 49.6 Å². The number of rotatable bonds is 4. The Morgan fingerprint density at radius 1 is 1.12 bits per heavy atom. The van der Waals surface area contributed by atoms with Gasteiger partial charge in [0, 0.05) is 30.7 Å². The molecule has 0 bridgehead atoms. The SMILES string of the molecule is Cc1cccc(CN2C(=O)CC[C@H]3[C@@H]2CCN3Cc2ccc(C)o2)n1. The second kappa shape index (κ2) is 6.64. The lowest BCUT2D eigenvalue weighted by molar-refractivity contribution is -0.138. The molecule has 0 radical (unpaired) electrons. The number of aromatic nitrogens is 1. The summed E-state index contributed by atoms with van der Waals surface area (Å²) in [6, 6.07) is 10.8. The second-order valence-electron chi connectivity index (χ2n) is 7.24. The molecular formula is C20H25N3O2. The van der Waals surface area contributed by atoms with Crippen LogP contribution in [0.25, 0.3) is 0 Å². The molecule has 0 aromatic carbocycles. The van der Waals surface area contributed by atoms with Crippen LogP contribution in [0.15, 0.2) is 34.7 Å². The quantitative estimate of drug-likeness (QED) is 0.859. The lowest BCUT2D eigenvalue weighted by Crippen LogP contribution is -2.51. The van der Waals surface area contributed by atoms with E-state index in [1.165, 1.54) is 0 Å². The minimum atomic E-state index is 0.264. The number of carbonyl (C=O) groups is 1. The Morgan fingerprint density at radius 2 is 2.00 bits per heavy atom. The van der Waals surface area contributed by atoms with Crippen LogP contribution in [0.2, 0.25) is 0 Å².